The molecule has 1 atom stereocenters. The van der Waals surface area contributed by atoms with Gasteiger partial charge in [0.25, 0.3) is 0 Å². The van der Waals surface area contributed by atoms with Crippen LogP contribution in [0.3, 0.4) is 0 Å². The molecule has 0 aromatic heterocycles. The van der Waals surface area contributed by atoms with Crippen molar-refractivity contribution in [3.63, 3.8) is 0 Å². The van der Waals surface area contributed by atoms with Gasteiger partial charge in [0.15, 0.2) is 0 Å². The van der Waals surface area contributed by atoms with Gasteiger partial charge in [-0.2, -0.15) is 4.72 Å². The number of rotatable bonds is 7. The smallest absolute Gasteiger partial charge is 0.242 e. The molecular weight excluding hydrogens is 450 g/mol. The number of hydrogen-bond donors (Lipinski definition) is 2. The lowest BCUT2D eigenvalue weighted by atomic mass is 10.1. The van der Waals surface area contributed by atoms with Crippen LogP contribution in [-0.2, 0) is 21.2 Å². The number of hydrogen-bond acceptors (Lipinski definition) is 3. The van der Waals surface area contributed by atoms with Crippen molar-refractivity contribution in [1.82, 2.24) is 4.72 Å². The van der Waals surface area contributed by atoms with E-state index in [0.29, 0.717) is 0 Å². The maximum atomic E-state index is 13.2. The summed E-state index contributed by atoms with van der Waals surface area (Å²) in [7, 11) is -4.09. The number of carbonyl (C=O) groups excluding carboxylic acids is 1. The monoisotopic (exact) mass is 466 g/mol. The maximum Gasteiger partial charge on any atom is 0.242 e. The molecule has 30 heavy (non-hydrogen) atoms. The zero-order valence-corrected chi connectivity index (χ0v) is 17.8. The molecule has 0 saturated carbocycles. The molecule has 156 valence electrons. The van der Waals surface area contributed by atoms with Crippen molar-refractivity contribution in [3.05, 3.63) is 94.2 Å². The molecule has 3 aromatic carbocycles. The number of halogens is 3. The van der Waals surface area contributed by atoms with Crippen molar-refractivity contribution in [2.24, 2.45) is 0 Å². The van der Waals surface area contributed by atoms with E-state index in [1.54, 1.807) is 42.5 Å². The summed E-state index contributed by atoms with van der Waals surface area (Å²) in [5, 5.41) is 3.01. The summed E-state index contributed by atoms with van der Waals surface area (Å²) in [5.41, 5.74) is 1.00. The fourth-order valence-corrected chi connectivity index (χ4v) is 4.27. The van der Waals surface area contributed by atoms with Gasteiger partial charge in [0.2, 0.25) is 15.9 Å². The second-order valence-electron chi connectivity index (χ2n) is 6.41. The number of amides is 1. The third-order valence-corrected chi connectivity index (χ3v) is 6.54. The van der Waals surface area contributed by atoms with Crippen LogP contribution >= 0.6 is 23.2 Å². The molecular formula is C21H17Cl2FN2O3S. The Kier molecular flexibility index (Phi) is 7.10. The third-order valence-electron chi connectivity index (χ3n) is 4.23. The molecule has 0 fully saturated rings. The van der Waals surface area contributed by atoms with Gasteiger partial charge in [-0.25, -0.2) is 12.8 Å². The van der Waals surface area contributed by atoms with Crippen LogP contribution in [0, 0.1) is 5.82 Å². The largest absolute Gasteiger partial charge is 0.323 e. The number of nitrogens with one attached hydrogen (secondary N) is 2. The van der Waals surface area contributed by atoms with E-state index >= 15 is 0 Å². The first kappa shape index (κ1) is 22.2. The molecule has 0 radical (unpaired) electrons. The topological polar surface area (TPSA) is 75.3 Å². The molecule has 0 spiro atoms. The molecule has 0 bridgehead atoms. The molecule has 0 aliphatic rings. The highest BCUT2D eigenvalue weighted by atomic mass is 35.5. The lowest BCUT2D eigenvalue weighted by Crippen LogP contribution is -2.45. The lowest BCUT2D eigenvalue weighted by Gasteiger charge is -2.19. The summed E-state index contributed by atoms with van der Waals surface area (Å²) in [5.74, 6) is -1.18. The summed E-state index contributed by atoms with van der Waals surface area (Å²) in [6.07, 6.45) is 0.0886. The standard InChI is InChI=1S/C21H17Cl2FN2O3S/c22-17-7-4-8-18(20(17)23)25-21(27)19(13-14-5-2-1-3-6-14)26-30(28,29)16-11-9-15(24)10-12-16/h1-12,19,26H,13H2,(H,25,27)/t19-/m0/s1. The minimum Gasteiger partial charge on any atom is -0.323 e. The van der Waals surface area contributed by atoms with E-state index < -0.39 is 27.8 Å². The summed E-state index contributed by atoms with van der Waals surface area (Å²) in [6, 6.07) is 16.8. The average Bonchev–Trinajstić information content (AvgIpc) is 2.72. The van der Waals surface area contributed by atoms with Crippen LogP contribution < -0.4 is 10.0 Å². The Morgan fingerprint density at radius 3 is 2.27 bits per heavy atom. The van der Waals surface area contributed by atoms with Crippen LogP contribution in [-0.4, -0.2) is 20.4 Å². The first-order chi connectivity index (χ1) is 14.3. The Morgan fingerprint density at radius 1 is 0.933 bits per heavy atom. The van der Waals surface area contributed by atoms with Gasteiger partial charge in [-0.05, 0) is 48.4 Å². The van der Waals surface area contributed by atoms with Gasteiger partial charge in [0.05, 0.1) is 20.6 Å². The molecule has 5 nitrogen and oxygen atoms in total. The van der Waals surface area contributed by atoms with Gasteiger partial charge in [-0.1, -0.05) is 59.6 Å². The fraction of sp³-hybridized carbons (Fsp3) is 0.0952. The van der Waals surface area contributed by atoms with Crippen LogP contribution in [0.4, 0.5) is 10.1 Å². The molecule has 3 aromatic rings. The van der Waals surface area contributed by atoms with Gasteiger partial charge < -0.3 is 5.32 Å². The van der Waals surface area contributed by atoms with Crippen molar-refractivity contribution in [3.8, 4) is 0 Å². The zero-order chi connectivity index (χ0) is 21.7. The summed E-state index contributed by atoms with van der Waals surface area (Å²) in [4.78, 5) is 12.8. The van der Waals surface area contributed by atoms with Crippen molar-refractivity contribution < 1.29 is 17.6 Å². The highest BCUT2D eigenvalue weighted by molar-refractivity contribution is 7.89. The molecule has 0 aliphatic heterocycles. The average molecular weight is 467 g/mol. The van der Waals surface area contributed by atoms with Gasteiger partial charge >= 0.3 is 0 Å². The predicted octanol–water partition coefficient (Wildman–Crippen LogP) is 4.66. The molecule has 3 rings (SSSR count). The SMILES string of the molecule is O=C(Nc1cccc(Cl)c1Cl)[C@H](Cc1ccccc1)NS(=O)(=O)c1ccc(F)cc1. The third kappa shape index (κ3) is 5.58. The molecule has 9 heteroatoms. The number of carbonyl (C=O) groups is 1. The van der Waals surface area contributed by atoms with E-state index in [2.05, 4.69) is 10.0 Å². The fourth-order valence-electron chi connectivity index (χ4n) is 2.73. The minimum absolute atomic E-state index is 0.0886. The van der Waals surface area contributed by atoms with Crippen LogP contribution in [0.2, 0.25) is 10.0 Å². The predicted molar refractivity (Wildman–Crippen MR) is 116 cm³/mol. The molecule has 0 unspecified atom stereocenters. The Hall–Kier alpha value is -2.45. The Labute approximate surface area is 183 Å². The van der Waals surface area contributed by atoms with Crippen molar-refractivity contribution >= 4 is 44.8 Å². The summed E-state index contributed by atoms with van der Waals surface area (Å²) < 4.78 is 41.1. The normalized spacial score (nSPS) is 12.4. The lowest BCUT2D eigenvalue weighted by molar-refractivity contribution is -0.117. The molecule has 0 heterocycles. The highest BCUT2D eigenvalue weighted by Crippen LogP contribution is 2.29. The number of anilines is 1. The number of benzene rings is 3. The van der Waals surface area contributed by atoms with E-state index in [1.807, 2.05) is 6.07 Å². The molecule has 1 amide bonds. The van der Waals surface area contributed by atoms with Crippen molar-refractivity contribution in [2.45, 2.75) is 17.4 Å². The number of sulfonamides is 1. The maximum absolute atomic E-state index is 13.2. The van der Waals surface area contributed by atoms with Gasteiger partial charge in [0, 0.05) is 0 Å². The highest BCUT2D eigenvalue weighted by Gasteiger charge is 2.27. The molecule has 0 saturated heterocycles. The summed E-state index contributed by atoms with van der Waals surface area (Å²) in [6.45, 7) is 0. The van der Waals surface area contributed by atoms with Gasteiger partial charge in [-0.3, -0.25) is 4.79 Å². The van der Waals surface area contributed by atoms with E-state index in [4.69, 9.17) is 23.2 Å². The van der Waals surface area contributed by atoms with E-state index in [1.165, 1.54) is 0 Å². The van der Waals surface area contributed by atoms with E-state index in [-0.39, 0.29) is 27.0 Å². The summed E-state index contributed by atoms with van der Waals surface area (Å²) >= 11 is 12.1. The Morgan fingerprint density at radius 2 is 1.60 bits per heavy atom. The van der Waals surface area contributed by atoms with Crippen LogP contribution in [0.25, 0.3) is 0 Å². The second-order valence-corrected chi connectivity index (χ2v) is 8.91. The first-order valence-electron chi connectivity index (χ1n) is 8.83. The van der Waals surface area contributed by atoms with Crippen LogP contribution in [0.1, 0.15) is 5.56 Å². The zero-order valence-electron chi connectivity index (χ0n) is 15.5. The molecule has 2 N–H and O–H groups in total. The minimum atomic E-state index is -4.09. The van der Waals surface area contributed by atoms with Crippen molar-refractivity contribution in [1.29, 1.82) is 0 Å². The Bertz CT molecular complexity index is 1140. The first-order valence-corrected chi connectivity index (χ1v) is 11.1. The van der Waals surface area contributed by atoms with Gasteiger partial charge in [-0.15, -0.1) is 0 Å². The van der Waals surface area contributed by atoms with Crippen molar-refractivity contribution in [2.75, 3.05) is 5.32 Å². The van der Waals surface area contributed by atoms with E-state index in [0.717, 1.165) is 29.8 Å². The molecule has 0 aliphatic carbocycles. The second kappa shape index (κ2) is 9.57. The van der Waals surface area contributed by atoms with Crippen LogP contribution in [0.5, 0.6) is 0 Å². The Balaban J connectivity index is 1.88. The van der Waals surface area contributed by atoms with E-state index in [9.17, 15) is 17.6 Å². The quantitative estimate of drug-likeness (QED) is 0.531. The van der Waals surface area contributed by atoms with Crippen LogP contribution in [0.15, 0.2) is 77.7 Å². The van der Waals surface area contributed by atoms with Gasteiger partial charge in [0.1, 0.15) is 11.9 Å².